The number of halogens is 4. The number of methoxy groups -OCH3 is 1. The molecule has 2 aromatic carbocycles. The van der Waals surface area contributed by atoms with Crippen molar-refractivity contribution in [1.29, 1.82) is 0 Å². The molecule has 1 unspecified atom stereocenters. The Balaban J connectivity index is 2.51. The molecule has 0 amide bonds. The Morgan fingerprint density at radius 2 is 1.80 bits per heavy atom. The van der Waals surface area contributed by atoms with Gasteiger partial charge in [-0.1, -0.05) is 46.9 Å². The zero-order chi connectivity index (χ0) is 14.9. The highest BCUT2D eigenvalue weighted by atomic mass is 79.9. The molecule has 2 aromatic rings. The van der Waals surface area contributed by atoms with Crippen molar-refractivity contribution in [1.82, 2.24) is 0 Å². The predicted octanol–water partition coefficient (Wildman–Crippen LogP) is 5.47. The fourth-order valence-corrected chi connectivity index (χ4v) is 3.01. The van der Waals surface area contributed by atoms with Crippen LogP contribution in [0.1, 0.15) is 17.2 Å². The van der Waals surface area contributed by atoms with Gasteiger partial charge in [0, 0.05) is 15.6 Å². The normalized spacial score (nSPS) is 12.3. The average molecular weight is 396 g/mol. The topological polar surface area (TPSA) is 35.2 Å². The second-order valence-corrected chi connectivity index (χ2v) is 6.18. The summed E-state index contributed by atoms with van der Waals surface area (Å²) in [5.41, 5.74) is 7.72. The molecule has 0 aliphatic rings. The Hall–Kier alpha value is -0.450. The summed E-state index contributed by atoms with van der Waals surface area (Å²) in [7, 11) is 1.53. The van der Waals surface area contributed by atoms with Gasteiger partial charge in [0.05, 0.1) is 23.2 Å². The van der Waals surface area contributed by atoms with E-state index < -0.39 is 6.04 Å². The molecule has 0 saturated heterocycles. The van der Waals surface area contributed by atoms with Crippen molar-refractivity contribution in [2.45, 2.75) is 6.04 Å². The van der Waals surface area contributed by atoms with Crippen LogP contribution in [0.2, 0.25) is 15.1 Å². The predicted molar refractivity (Wildman–Crippen MR) is 88.2 cm³/mol. The third kappa shape index (κ3) is 3.07. The van der Waals surface area contributed by atoms with Crippen molar-refractivity contribution in [3.8, 4) is 5.75 Å². The minimum atomic E-state index is -0.476. The molecule has 2 N–H and O–H groups in total. The Morgan fingerprint density at radius 1 is 1.10 bits per heavy atom. The van der Waals surface area contributed by atoms with E-state index in [-0.39, 0.29) is 0 Å². The van der Waals surface area contributed by atoms with Crippen LogP contribution in [0.25, 0.3) is 0 Å². The first kappa shape index (κ1) is 15.9. The van der Waals surface area contributed by atoms with Gasteiger partial charge in [-0.3, -0.25) is 0 Å². The molecule has 2 nitrogen and oxygen atoms in total. The summed E-state index contributed by atoms with van der Waals surface area (Å²) in [6.07, 6.45) is 0. The Kier molecular flexibility index (Phi) is 5.21. The van der Waals surface area contributed by atoms with E-state index in [2.05, 4.69) is 15.9 Å². The molecule has 0 heterocycles. The molecular formula is C14H11BrCl3NO. The number of nitrogens with two attached hydrogens (primary N) is 1. The van der Waals surface area contributed by atoms with E-state index in [1.54, 1.807) is 12.1 Å². The minimum absolute atomic E-state index is 0.452. The summed E-state index contributed by atoms with van der Waals surface area (Å²) < 4.78 is 5.90. The average Bonchev–Trinajstić information content (AvgIpc) is 2.43. The van der Waals surface area contributed by atoms with E-state index in [1.807, 2.05) is 18.2 Å². The fourth-order valence-electron chi connectivity index (χ4n) is 1.87. The Labute approximate surface area is 140 Å². The molecule has 0 fully saturated rings. The number of rotatable bonds is 3. The SMILES string of the molecule is COc1cc(Cl)c(C(N)c2cccc(Br)c2Cl)cc1Cl. The Bertz CT molecular complexity index is 649. The second-order valence-electron chi connectivity index (χ2n) is 4.13. The van der Waals surface area contributed by atoms with E-state index in [0.29, 0.717) is 26.4 Å². The van der Waals surface area contributed by atoms with Crippen molar-refractivity contribution in [2.24, 2.45) is 5.73 Å². The number of hydrogen-bond acceptors (Lipinski definition) is 2. The quantitative estimate of drug-likeness (QED) is 0.748. The zero-order valence-corrected chi connectivity index (χ0v) is 14.3. The van der Waals surface area contributed by atoms with Gasteiger partial charge in [-0.15, -0.1) is 0 Å². The highest BCUT2D eigenvalue weighted by molar-refractivity contribution is 9.10. The van der Waals surface area contributed by atoms with E-state index in [1.165, 1.54) is 7.11 Å². The van der Waals surface area contributed by atoms with Crippen LogP contribution in [0.15, 0.2) is 34.8 Å². The van der Waals surface area contributed by atoms with Crippen LogP contribution in [0.4, 0.5) is 0 Å². The molecule has 0 bridgehead atoms. The summed E-state index contributed by atoms with van der Waals surface area (Å²) in [5, 5.41) is 1.49. The molecule has 0 aliphatic carbocycles. The first-order valence-electron chi connectivity index (χ1n) is 5.68. The van der Waals surface area contributed by atoms with Crippen LogP contribution in [-0.2, 0) is 0 Å². The molecule has 0 radical (unpaired) electrons. The molecule has 0 saturated carbocycles. The smallest absolute Gasteiger partial charge is 0.138 e. The molecule has 0 aliphatic heterocycles. The van der Waals surface area contributed by atoms with Crippen LogP contribution < -0.4 is 10.5 Å². The molecule has 6 heteroatoms. The van der Waals surface area contributed by atoms with Crippen molar-refractivity contribution in [2.75, 3.05) is 7.11 Å². The van der Waals surface area contributed by atoms with Crippen LogP contribution in [0.5, 0.6) is 5.75 Å². The summed E-state index contributed by atoms with van der Waals surface area (Å²) in [6, 6.07) is 8.43. The highest BCUT2D eigenvalue weighted by Crippen LogP contribution is 2.38. The second kappa shape index (κ2) is 6.54. The zero-order valence-electron chi connectivity index (χ0n) is 10.5. The number of hydrogen-bond donors (Lipinski definition) is 1. The molecular weight excluding hydrogens is 384 g/mol. The molecule has 0 aromatic heterocycles. The van der Waals surface area contributed by atoms with Gasteiger partial charge in [-0.05, 0) is 39.2 Å². The summed E-state index contributed by atoms with van der Waals surface area (Å²) in [5.74, 6) is 0.507. The maximum absolute atomic E-state index is 6.26. The lowest BCUT2D eigenvalue weighted by molar-refractivity contribution is 0.415. The summed E-state index contributed by atoms with van der Waals surface area (Å²) in [4.78, 5) is 0. The molecule has 0 spiro atoms. The van der Waals surface area contributed by atoms with Gasteiger partial charge < -0.3 is 10.5 Å². The maximum Gasteiger partial charge on any atom is 0.138 e. The fraction of sp³-hybridized carbons (Fsp3) is 0.143. The lowest BCUT2D eigenvalue weighted by atomic mass is 9.99. The summed E-state index contributed by atoms with van der Waals surface area (Å²) >= 11 is 22.0. The lowest BCUT2D eigenvalue weighted by Crippen LogP contribution is -2.13. The van der Waals surface area contributed by atoms with Gasteiger partial charge >= 0.3 is 0 Å². The van der Waals surface area contributed by atoms with Gasteiger partial charge in [0.25, 0.3) is 0 Å². The van der Waals surface area contributed by atoms with Crippen molar-refractivity contribution in [3.05, 3.63) is 61.0 Å². The minimum Gasteiger partial charge on any atom is -0.495 e. The van der Waals surface area contributed by atoms with E-state index in [0.717, 1.165) is 10.0 Å². The van der Waals surface area contributed by atoms with E-state index >= 15 is 0 Å². The third-order valence-electron chi connectivity index (χ3n) is 2.92. The Morgan fingerprint density at radius 3 is 2.45 bits per heavy atom. The molecule has 2 rings (SSSR count). The number of benzene rings is 2. The van der Waals surface area contributed by atoms with E-state index in [4.69, 9.17) is 45.3 Å². The van der Waals surface area contributed by atoms with Gasteiger partial charge in [0.1, 0.15) is 5.75 Å². The first-order valence-corrected chi connectivity index (χ1v) is 7.60. The standard InChI is InChI=1S/C14H11BrCl3NO/c1-20-12-6-10(16)8(5-11(12)17)14(19)7-3-2-4-9(15)13(7)18/h2-6,14H,19H2,1H3. The summed E-state index contributed by atoms with van der Waals surface area (Å²) in [6.45, 7) is 0. The first-order chi connectivity index (χ1) is 9.45. The number of ether oxygens (including phenoxy) is 1. The molecule has 20 heavy (non-hydrogen) atoms. The van der Waals surface area contributed by atoms with Crippen molar-refractivity contribution in [3.63, 3.8) is 0 Å². The van der Waals surface area contributed by atoms with Crippen LogP contribution in [0, 0.1) is 0 Å². The van der Waals surface area contributed by atoms with Crippen LogP contribution in [0.3, 0.4) is 0 Å². The largest absolute Gasteiger partial charge is 0.495 e. The molecule has 1 atom stereocenters. The van der Waals surface area contributed by atoms with Gasteiger partial charge in [0.2, 0.25) is 0 Å². The van der Waals surface area contributed by atoms with Crippen molar-refractivity contribution >= 4 is 50.7 Å². The van der Waals surface area contributed by atoms with Gasteiger partial charge in [0.15, 0.2) is 0 Å². The monoisotopic (exact) mass is 393 g/mol. The lowest BCUT2D eigenvalue weighted by Gasteiger charge is -2.17. The third-order valence-corrected chi connectivity index (χ3v) is 4.86. The highest BCUT2D eigenvalue weighted by Gasteiger charge is 2.18. The van der Waals surface area contributed by atoms with Crippen LogP contribution in [-0.4, -0.2) is 7.11 Å². The van der Waals surface area contributed by atoms with Gasteiger partial charge in [-0.2, -0.15) is 0 Å². The van der Waals surface area contributed by atoms with Crippen molar-refractivity contribution < 1.29 is 4.74 Å². The maximum atomic E-state index is 6.26. The van der Waals surface area contributed by atoms with Crippen LogP contribution >= 0.6 is 50.7 Å². The molecule has 106 valence electrons. The van der Waals surface area contributed by atoms with Gasteiger partial charge in [-0.25, -0.2) is 0 Å². The van der Waals surface area contributed by atoms with E-state index in [9.17, 15) is 0 Å².